The van der Waals surface area contributed by atoms with Crippen LogP contribution in [0.15, 0.2) is 48.5 Å². The van der Waals surface area contributed by atoms with Gasteiger partial charge in [-0.1, -0.05) is 32.9 Å². The standard InChI is InChI=1S/C22H24N2O2S/c1-22(2,3)16-6-4-14(5-7-16)21(26)24-17-8-10-19-15(12-17)13-18(27-19)9-11-20(23)25/h4-8,10,12-13H,9,11H2,1-3H3,(H2,23,25)(H,24,26). The van der Waals surface area contributed by atoms with E-state index in [9.17, 15) is 9.59 Å². The van der Waals surface area contributed by atoms with Gasteiger partial charge in [-0.25, -0.2) is 0 Å². The van der Waals surface area contributed by atoms with Crippen molar-refractivity contribution < 1.29 is 9.59 Å². The topological polar surface area (TPSA) is 72.2 Å². The zero-order valence-corrected chi connectivity index (χ0v) is 16.7. The Hall–Kier alpha value is -2.66. The summed E-state index contributed by atoms with van der Waals surface area (Å²) in [5, 5.41) is 4.02. The Labute approximate surface area is 163 Å². The van der Waals surface area contributed by atoms with Crippen LogP contribution in [0.5, 0.6) is 0 Å². The third kappa shape index (κ3) is 4.74. The van der Waals surface area contributed by atoms with Crippen LogP contribution in [0.25, 0.3) is 10.1 Å². The molecule has 3 rings (SSSR count). The number of nitrogens with one attached hydrogen (secondary N) is 1. The molecule has 27 heavy (non-hydrogen) atoms. The van der Waals surface area contributed by atoms with Gasteiger partial charge in [0.2, 0.25) is 5.91 Å². The molecule has 0 aliphatic heterocycles. The van der Waals surface area contributed by atoms with Crippen LogP contribution in [0, 0.1) is 0 Å². The molecule has 0 saturated heterocycles. The molecule has 3 aromatic rings. The van der Waals surface area contributed by atoms with Gasteiger partial charge in [0.1, 0.15) is 0 Å². The summed E-state index contributed by atoms with van der Waals surface area (Å²) in [5.74, 6) is -0.420. The average molecular weight is 381 g/mol. The quantitative estimate of drug-likeness (QED) is 0.663. The SMILES string of the molecule is CC(C)(C)c1ccc(C(=O)Nc2ccc3sc(CCC(N)=O)cc3c2)cc1. The number of hydrogen-bond acceptors (Lipinski definition) is 3. The number of carbonyl (C=O) groups is 2. The number of anilines is 1. The molecule has 0 saturated carbocycles. The van der Waals surface area contributed by atoms with Crippen molar-refractivity contribution >= 4 is 38.9 Å². The van der Waals surface area contributed by atoms with Crippen LogP contribution in [-0.2, 0) is 16.6 Å². The molecule has 0 spiro atoms. The lowest BCUT2D eigenvalue weighted by atomic mass is 9.87. The second-order valence-electron chi connectivity index (χ2n) is 7.71. The second kappa shape index (κ2) is 7.53. The third-order valence-electron chi connectivity index (χ3n) is 4.46. The van der Waals surface area contributed by atoms with Crippen molar-refractivity contribution in [1.82, 2.24) is 0 Å². The van der Waals surface area contributed by atoms with Gasteiger partial charge >= 0.3 is 0 Å². The number of fused-ring (bicyclic) bond motifs is 1. The van der Waals surface area contributed by atoms with Crippen molar-refractivity contribution in [3.8, 4) is 0 Å². The summed E-state index contributed by atoms with van der Waals surface area (Å²) in [6.07, 6.45) is 0.997. The van der Waals surface area contributed by atoms with E-state index in [0.29, 0.717) is 18.4 Å². The van der Waals surface area contributed by atoms with Crippen molar-refractivity contribution in [2.24, 2.45) is 5.73 Å². The Balaban J connectivity index is 1.73. The van der Waals surface area contributed by atoms with E-state index in [1.807, 2.05) is 42.5 Å². The summed E-state index contributed by atoms with van der Waals surface area (Å²) >= 11 is 1.65. The molecule has 0 aliphatic carbocycles. The fourth-order valence-electron chi connectivity index (χ4n) is 2.87. The maximum Gasteiger partial charge on any atom is 0.255 e. The predicted octanol–water partition coefficient (Wildman–Crippen LogP) is 4.87. The highest BCUT2D eigenvalue weighted by molar-refractivity contribution is 7.19. The van der Waals surface area contributed by atoms with Crippen molar-refractivity contribution in [1.29, 1.82) is 0 Å². The number of rotatable bonds is 5. The van der Waals surface area contributed by atoms with Crippen LogP contribution in [0.4, 0.5) is 5.69 Å². The lowest BCUT2D eigenvalue weighted by molar-refractivity contribution is -0.117. The van der Waals surface area contributed by atoms with E-state index in [1.54, 1.807) is 11.3 Å². The summed E-state index contributed by atoms with van der Waals surface area (Å²) < 4.78 is 1.13. The molecule has 0 atom stereocenters. The molecule has 3 N–H and O–H groups in total. The minimum absolute atomic E-state index is 0.0607. The molecule has 0 radical (unpaired) electrons. The van der Waals surface area contributed by atoms with Crippen molar-refractivity contribution in [2.45, 2.75) is 39.0 Å². The first-order chi connectivity index (χ1) is 12.7. The van der Waals surface area contributed by atoms with Crippen molar-refractivity contribution in [3.63, 3.8) is 0 Å². The van der Waals surface area contributed by atoms with E-state index in [0.717, 1.165) is 20.7 Å². The maximum atomic E-state index is 12.5. The Morgan fingerprint density at radius 1 is 1.04 bits per heavy atom. The molecule has 0 bridgehead atoms. The number of amides is 2. The van der Waals surface area contributed by atoms with Gasteiger partial charge in [-0.15, -0.1) is 11.3 Å². The van der Waals surface area contributed by atoms with Gasteiger partial charge < -0.3 is 11.1 Å². The Morgan fingerprint density at radius 3 is 2.37 bits per heavy atom. The molecule has 2 amide bonds. The van der Waals surface area contributed by atoms with E-state index in [2.05, 4.69) is 32.2 Å². The summed E-state index contributed by atoms with van der Waals surface area (Å²) in [5.41, 5.74) is 7.87. The normalized spacial score (nSPS) is 11.5. The molecule has 2 aromatic carbocycles. The number of thiophene rings is 1. The zero-order valence-electron chi connectivity index (χ0n) is 15.8. The summed E-state index contributed by atoms with van der Waals surface area (Å²) in [6.45, 7) is 6.45. The molecular formula is C22H24N2O2S. The smallest absolute Gasteiger partial charge is 0.255 e. The third-order valence-corrected chi connectivity index (χ3v) is 5.63. The van der Waals surface area contributed by atoms with Gasteiger partial charge in [0.05, 0.1) is 0 Å². The summed E-state index contributed by atoms with van der Waals surface area (Å²) in [7, 11) is 0. The van der Waals surface area contributed by atoms with Gasteiger partial charge in [-0.05, 0) is 59.2 Å². The number of primary amides is 1. The van der Waals surface area contributed by atoms with Gasteiger partial charge in [0, 0.05) is 27.2 Å². The van der Waals surface area contributed by atoms with E-state index >= 15 is 0 Å². The Morgan fingerprint density at radius 2 is 1.74 bits per heavy atom. The minimum Gasteiger partial charge on any atom is -0.370 e. The van der Waals surface area contributed by atoms with Crippen LogP contribution < -0.4 is 11.1 Å². The molecule has 5 heteroatoms. The molecule has 140 valence electrons. The van der Waals surface area contributed by atoms with E-state index in [4.69, 9.17) is 5.73 Å². The number of benzene rings is 2. The second-order valence-corrected chi connectivity index (χ2v) is 8.88. The largest absolute Gasteiger partial charge is 0.370 e. The van der Waals surface area contributed by atoms with E-state index < -0.39 is 0 Å². The van der Waals surface area contributed by atoms with Crippen LogP contribution in [0.1, 0.15) is 48.0 Å². The van der Waals surface area contributed by atoms with Crippen molar-refractivity contribution in [3.05, 3.63) is 64.5 Å². The number of aryl methyl sites for hydroxylation is 1. The highest BCUT2D eigenvalue weighted by atomic mass is 32.1. The van der Waals surface area contributed by atoms with Gasteiger partial charge in [-0.2, -0.15) is 0 Å². The molecule has 1 heterocycles. The van der Waals surface area contributed by atoms with Crippen LogP contribution in [-0.4, -0.2) is 11.8 Å². The number of nitrogens with two attached hydrogens (primary N) is 1. The van der Waals surface area contributed by atoms with E-state index in [1.165, 1.54) is 5.56 Å². The van der Waals surface area contributed by atoms with Crippen LogP contribution >= 0.6 is 11.3 Å². The van der Waals surface area contributed by atoms with Crippen molar-refractivity contribution in [2.75, 3.05) is 5.32 Å². The fourth-order valence-corrected chi connectivity index (χ4v) is 3.91. The molecule has 0 unspecified atom stereocenters. The van der Waals surface area contributed by atoms with Gasteiger partial charge in [-0.3, -0.25) is 9.59 Å². The Kier molecular flexibility index (Phi) is 5.33. The maximum absolute atomic E-state index is 12.5. The first-order valence-corrected chi connectivity index (χ1v) is 9.77. The first-order valence-electron chi connectivity index (χ1n) is 8.95. The van der Waals surface area contributed by atoms with Crippen LogP contribution in [0.3, 0.4) is 0 Å². The highest BCUT2D eigenvalue weighted by Crippen LogP contribution is 2.29. The fraction of sp³-hybridized carbons (Fsp3) is 0.273. The number of carbonyl (C=O) groups excluding carboxylic acids is 2. The highest BCUT2D eigenvalue weighted by Gasteiger charge is 2.14. The van der Waals surface area contributed by atoms with Gasteiger partial charge in [0.15, 0.2) is 0 Å². The molecular weight excluding hydrogens is 356 g/mol. The first kappa shape index (κ1) is 19.1. The lowest BCUT2D eigenvalue weighted by Crippen LogP contribution is -2.14. The zero-order chi connectivity index (χ0) is 19.6. The predicted molar refractivity (Wildman–Crippen MR) is 112 cm³/mol. The molecule has 1 aromatic heterocycles. The van der Waals surface area contributed by atoms with E-state index in [-0.39, 0.29) is 17.2 Å². The Bertz CT molecular complexity index is 982. The molecule has 0 aliphatic rings. The number of hydrogen-bond donors (Lipinski definition) is 2. The molecule has 4 nitrogen and oxygen atoms in total. The summed E-state index contributed by atoms with van der Waals surface area (Å²) in [4.78, 5) is 24.6. The van der Waals surface area contributed by atoms with Gasteiger partial charge in [0.25, 0.3) is 5.91 Å². The summed E-state index contributed by atoms with van der Waals surface area (Å²) in [6, 6.07) is 15.6. The minimum atomic E-state index is -0.294. The molecule has 0 fully saturated rings. The van der Waals surface area contributed by atoms with Crippen LogP contribution in [0.2, 0.25) is 0 Å². The monoisotopic (exact) mass is 380 g/mol. The average Bonchev–Trinajstić information content (AvgIpc) is 3.01. The lowest BCUT2D eigenvalue weighted by Gasteiger charge is -2.19.